The quantitative estimate of drug-likeness (QED) is 0.327. The number of H-pyrrole nitrogens is 1. The zero-order valence-corrected chi connectivity index (χ0v) is 23.5. The van der Waals surface area contributed by atoms with Gasteiger partial charge in [-0.05, 0) is 69.5 Å². The lowest BCUT2D eigenvalue weighted by atomic mass is 9.98. The number of nitrogens with zero attached hydrogens (tertiary/aromatic N) is 3. The number of carbonyl (C=O) groups is 1. The number of benzene rings is 1. The molecule has 4 heterocycles. The minimum absolute atomic E-state index is 0.0716. The van der Waals surface area contributed by atoms with Crippen molar-refractivity contribution in [3.63, 3.8) is 0 Å². The summed E-state index contributed by atoms with van der Waals surface area (Å²) in [6.07, 6.45) is 5.02. The molecule has 0 saturated carbocycles. The van der Waals surface area contributed by atoms with Crippen molar-refractivity contribution >= 4 is 22.6 Å². The molecule has 1 atom stereocenters. The Morgan fingerprint density at radius 2 is 1.87 bits per heavy atom. The maximum atomic E-state index is 13.7. The largest absolute Gasteiger partial charge is 0.362 e. The van der Waals surface area contributed by atoms with E-state index in [-0.39, 0.29) is 23.9 Å². The molecule has 0 aliphatic carbocycles. The number of hydrogen-bond acceptors (Lipinski definition) is 5. The molecule has 204 valence electrons. The van der Waals surface area contributed by atoms with E-state index >= 15 is 0 Å². The smallest absolute Gasteiger partial charge is 0.252 e. The number of carbonyl (C=O) groups excluding carboxylic acids is 1. The number of piperazine rings is 1. The van der Waals surface area contributed by atoms with Crippen molar-refractivity contribution in [2.45, 2.75) is 53.6 Å². The predicted octanol–water partition coefficient (Wildman–Crippen LogP) is 4.63. The third-order valence-electron chi connectivity index (χ3n) is 7.86. The number of nitrogens with one attached hydrogen (secondary N) is 3. The van der Waals surface area contributed by atoms with Crippen LogP contribution in [-0.4, -0.2) is 46.6 Å². The summed E-state index contributed by atoms with van der Waals surface area (Å²) in [4.78, 5) is 36.5. The molecule has 0 radical (unpaired) electrons. The molecule has 3 aromatic heterocycles. The van der Waals surface area contributed by atoms with E-state index in [1.165, 1.54) is 0 Å². The van der Waals surface area contributed by atoms with E-state index in [1.807, 2.05) is 26.1 Å². The molecule has 4 aromatic rings. The average Bonchev–Trinajstić information content (AvgIpc) is 3.28. The number of aryl methyl sites for hydroxylation is 3. The number of pyridine rings is 2. The lowest BCUT2D eigenvalue weighted by Crippen LogP contribution is -2.43. The highest BCUT2D eigenvalue weighted by Crippen LogP contribution is 2.34. The Hall–Kier alpha value is -3.91. The van der Waals surface area contributed by atoms with Crippen LogP contribution in [0.4, 0.5) is 5.82 Å². The van der Waals surface area contributed by atoms with E-state index in [0.717, 1.165) is 77.4 Å². The molecule has 1 aliphatic rings. The lowest BCUT2D eigenvalue weighted by molar-refractivity contribution is 0.0952. The molecule has 5 rings (SSSR count). The fourth-order valence-corrected chi connectivity index (χ4v) is 5.49. The first-order chi connectivity index (χ1) is 18.8. The van der Waals surface area contributed by atoms with Crippen molar-refractivity contribution in [1.82, 2.24) is 25.2 Å². The van der Waals surface area contributed by atoms with Crippen LogP contribution < -0.4 is 21.0 Å². The van der Waals surface area contributed by atoms with Gasteiger partial charge in [-0.15, -0.1) is 0 Å². The van der Waals surface area contributed by atoms with Crippen LogP contribution in [0.15, 0.2) is 47.5 Å². The molecule has 0 spiro atoms. The second-order valence-corrected chi connectivity index (χ2v) is 10.6. The molecule has 39 heavy (non-hydrogen) atoms. The zero-order chi connectivity index (χ0) is 27.7. The van der Waals surface area contributed by atoms with E-state index in [2.05, 4.69) is 70.3 Å². The number of anilines is 1. The molecule has 0 unspecified atom stereocenters. The van der Waals surface area contributed by atoms with Gasteiger partial charge >= 0.3 is 0 Å². The molecule has 0 bridgehead atoms. The highest BCUT2D eigenvalue weighted by molar-refractivity contribution is 6.09. The fraction of sp³-hybridized carbons (Fsp3) is 0.387. The van der Waals surface area contributed by atoms with Crippen LogP contribution in [0.25, 0.3) is 22.0 Å². The first-order valence-electron chi connectivity index (χ1n) is 13.8. The second-order valence-electron chi connectivity index (χ2n) is 10.6. The topological polar surface area (TPSA) is 95.0 Å². The highest BCUT2D eigenvalue weighted by Gasteiger charge is 2.20. The van der Waals surface area contributed by atoms with Crippen molar-refractivity contribution in [3.05, 3.63) is 81.0 Å². The third-order valence-corrected chi connectivity index (χ3v) is 7.86. The van der Waals surface area contributed by atoms with Crippen LogP contribution in [0.5, 0.6) is 0 Å². The summed E-state index contributed by atoms with van der Waals surface area (Å²) in [6, 6.07) is 10.1. The lowest BCUT2D eigenvalue weighted by Gasteiger charge is -2.28. The molecule has 1 saturated heterocycles. The maximum absolute atomic E-state index is 13.7. The van der Waals surface area contributed by atoms with E-state index in [1.54, 1.807) is 6.07 Å². The molecule has 1 fully saturated rings. The summed E-state index contributed by atoms with van der Waals surface area (Å²) in [7, 11) is 0. The van der Waals surface area contributed by atoms with Crippen LogP contribution in [0.1, 0.15) is 59.2 Å². The summed E-state index contributed by atoms with van der Waals surface area (Å²) >= 11 is 0. The average molecular weight is 527 g/mol. The Morgan fingerprint density at radius 1 is 1.10 bits per heavy atom. The van der Waals surface area contributed by atoms with E-state index in [0.29, 0.717) is 11.1 Å². The Labute approximate surface area is 229 Å². The summed E-state index contributed by atoms with van der Waals surface area (Å²) in [5.74, 6) is 0.772. The van der Waals surface area contributed by atoms with Crippen LogP contribution in [0.3, 0.4) is 0 Å². The van der Waals surface area contributed by atoms with E-state index in [4.69, 9.17) is 4.98 Å². The van der Waals surface area contributed by atoms with Crippen LogP contribution in [-0.2, 0) is 6.54 Å². The molecular formula is C31H38N6O2. The maximum Gasteiger partial charge on any atom is 0.252 e. The molecule has 1 aromatic carbocycles. The molecule has 1 amide bonds. The summed E-state index contributed by atoms with van der Waals surface area (Å²) < 4.78 is 2.27. The van der Waals surface area contributed by atoms with Gasteiger partial charge in [-0.2, -0.15) is 0 Å². The first-order valence-corrected chi connectivity index (χ1v) is 13.8. The third kappa shape index (κ3) is 5.34. The van der Waals surface area contributed by atoms with Crippen LogP contribution in [0.2, 0.25) is 0 Å². The normalized spacial score (nSPS) is 14.5. The minimum atomic E-state index is -0.198. The zero-order valence-electron chi connectivity index (χ0n) is 23.5. The molecule has 1 aliphatic heterocycles. The van der Waals surface area contributed by atoms with Gasteiger partial charge in [0, 0.05) is 96.2 Å². The Balaban J connectivity index is 1.54. The van der Waals surface area contributed by atoms with Gasteiger partial charge in [-0.25, -0.2) is 4.98 Å². The number of aromatic amines is 1. The van der Waals surface area contributed by atoms with Crippen molar-refractivity contribution in [1.29, 1.82) is 0 Å². The molecular weight excluding hydrogens is 488 g/mol. The minimum Gasteiger partial charge on any atom is -0.362 e. The van der Waals surface area contributed by atoms with Crippen LogP contribution >= 0.6 is 0 Å². The van der Waals surface area contributed by atoms with E-state index < -0.39 is 0 Å². The molecule has 3 N–H and O–H groups in total. The van der Waals surface area contributed by atoms with Gasteiger partial charge in [0.1, 0.15) is 5.82 Å². The second kappa shape index (κ2) is 11.1. The van der Waals surface area contributed by atoms with Gasteiger partial charge in [0.25, 0.3) is 5.91 Å². The Bertz CT molecular complexity index is 1560. The first kappa shape index (κ1) is 26.7. The number of hydrogen-bond donors (Lipinski definition) is 3. The van der Waals surface area contributed by atoms with Crippen molar-refractivity contribution in [2.75, 3.05) is 31.1 Å². The molecule has 8 heteroatoms. The van der Waals surface area contributed by atoms with Crippen molar-refractivity contribution in [3.8, 4) is 11.1 Å². The summed E-state index contributed by atoms with van der Waals surface area (Å²) in [5, 5.41) is 7.34. The standard InChI is InChI=1S/C31H38N6O2/c1-6-21(4)37-18-19(2)30-25(31(39)34-17-26-22(5)35-20(3)13-28(26)38)14-24(15-27(30)37)23-7-8-29(33-16-23)36-11-9-32-10-12-36/h7-8,13-16,18,21,32H,6,9-12,17H2,1-5H3,(H,34,39)(H,35,38)/t21-/m1/s1. The fourth-order valence-electron chi connectivity index (χ4n) is 5.49. The number of aromatic nitrogens is 3. The Morgan fingerprint density at radius 3 is 2.54 bits per heavy atom. The van der Waals surface area contributed by atoms with Crippen LogP contribution in [0, 0.1) is 20.8 Å². The van der Waals surface area contributed by atoms with Gasteiger partial charge in [-0.1, -0.05) is 6.92 Å². The number of fused-ring (bicyclic) bond motifs is 1. The SMILES string of the molecule is CC[C@@H](C)n1cc(C)c2c(C(=O)NCc3c(C)[nH]c(C)cc3=O)cc(-c3ccc(N4CCNCC4)nc3)cc21. The molecule has 8 nitrogen and oxygen atoms in total. The number of amides is 1. The Kier molecular flexibility index (Phi) is 7.57. The number of rotatable bonds is 7. The van der Waals surface area contributed by atoms with Crippen molar-refractivity contribution < 1.29 is 4.79 Å². The van der Waals surface area contributed by atoms with Gasteiger partial charge in [0.05, 0.1) is 0 Å². The summed E-state index contributed by atoms with van der Waals surface area (Å²) in [5.41, 5.74) is 6.67. The van der Waals surface area contributed by atoms with Gasteiger partial charge in [0.2, 0.25) is 0 Å². The summed E-state index contributed by atoms with van der Waals surface area (Å²) in [6.45, 7) is 14.1. The van der Waals surface area contributed by atoms with Gasteiger partial charge in [0.15, 0.2) is 5.43 Å². The predicted molar refractivity (Wildman–Crippen MR) is 158 cm³/mol. The van der Waals surface area contributed by atoms with Gasteiger partial charge in [-0.3, -0.25) is 9.59 Å². The van der Waals surface area contributed by atoms with Gasteiger partial charge < -0.3 is 25.1 Å². The van der Waals surface area contributed by atoms with Crippen molar-refractivity contribution in [2.24, 2.45) is 0 Å². The van der Waals surface area contributed by atoms with E-state index in [9.17, 15) is 9.59 Å². The monoisotopic (exact) mass is 526 g/mol. The highest BCUT2D eigenvalue weighted by atomic mass is 16.1.